The highest BCUT2D eigenvalue weighted by atomic mass is 32.2. The lowest BCUT2D eigenvalue weighted by Crippen LogP contribution is -2.19. The predicted octanol–water partition coefficient (Wildman–Crippen LogP) is 2.63. The minimum atomic E-state index is 0.173. The number of methoxy groups -OCH3 is 3. The topological polar surface area (TPSA) is 52.1 Å². The van der Waals surface area contributed by atoms with Crippen molar-refractivity contribution in [1.29, 1.82) is 0 Å². The molecule has 0 radical (unpaired) electrons. The van der Waals surface area contributed by atoms with Gasteiger partial charge in [0.1, 0.15) is 0 Å². The fourth-order valence-electron chi connectivity index (χ4n) is 2.12. The maximum atomic E-state index is 5.39. The molecule has 0 bridgehead atoms. The third-order valence-corrected chi connectivity index (χ3v) is 4.16. The third-order valence-electron chi connectivity index (χ3n) is 3.14. The SMILES string of the molecule is C=CCN=C1NC(c2cc(OC)c(OC)c(OC)c2)CS1. The third kappa shape index (κ3) is 3.44. The number of amidine groups is 1. The minimum absolute atomic E-state index is 0.173. The Morgan fingerprint density at radius 1 is 1.29 bits per heavy atom. The average Bonchev–Trinajstić information content (AvgIpc) is 3.00. The van der Waals surface area contributed by atoms with Crippen LogP contribution in [0, 0.1) is 0 Å². The van der Waals surface area contributed by atoms with Crippen LogP contribution in [0.1, 0.15) is 11.6 Å². The molecule has 0 saturated carbocycles. The summed E-state index contributed by atoms with van der Waals surface area (Å²) in [6, 6.07) is 4.11. The predicted molar refractivity (Wildman–Crippen MR) is 86.9 cm³/mol. The lowest BCUT2D eigenvalue weighted by atomic mass is 10.1. The first-order valence-corrected chi connectivity index (χ1v) is 7.56. The van der Waals surface area contributed by atoms with Crippen molar-refractivity contribution >= 4 is 16.9 Å². The van der Waals surface area contributed by atoms with E-state index >= 15 is 0 Å². The maximum absolute atomic E-state index is 5.39. The van der Waals surface area contributed by atoms with E-state index in [1.54, 1.807) is 39.2 Å². The van der Waals surface area contributed by atoms with E-state index < -0.39 is 0 Å². The van der Waals surface area contributed by atoms with Crippen molar-refractivity contribution in [1.82, 2.24) is 5.32 Å². The average molecular weight is 308 g/mol. The van der Waals surface area contributed by atoms with Crippen LogP contribution in [-0.4, -0.2) is 38.8 Å². The zero-order valence-corrected chi connectivity index (χ0v) is 13.3. The van der Waals surface area contributed by atoms with Gasteiger partial charge < -0.3 is 19.5 Å². The Morgan fingerprint density at radius 3 is 2.48 bits per heavy atom. The van der Waals surface area contributed by atoms with Crippen molar-refractivity contribution in [3.8, 4) is 17.2 Å². The van der Waals surface area contributed by atoms with Crippen LogP contribution in [0.5, 0.6) is 17.2 Å². The minimum Gasteiger partial charge on any atom is -0.493 e. The van der Waals surface area contributed by atoms with E-state index in [1.165, 1.54) is 0 Å². The van der Waals surface area contributed by atoms with Crippen LogP contribution in [0.15, 0.2) is 29.8 Å². The quantitative estimate of drug-likeness (QED) is 0.819. The zero-order valence-electron chi connectivity index (χ0n) is 12.5. The molecule has 1 saturated heterocycles. The molecule has 1 N–H and O–H groups in total. The molecular weight excluding hydrogens is 288 g/mol. The molecule has 0 spiro atoms. The van der Waals surface area contributed by atoms with Crippen molar-refractivity contribution in [3.05, 3.63) is 30.4 Å². The van der Waals surface area contributed by atoms with Gasteiger partial charge in [-0.05, 0) is 17.7 Å². The molecule has 1 fully saturated rings. The number of rotatable bonds is 6. The lowest BCUT2D eigenvalue weighted by Gasteiger charge is -2.17. The van der Waals surface area contributed by atoms with Gasteiger partial charge in [-0.1, -0.05) is 17.8 Å². The summed E-state index contributed by atoms with van der Waals surface area (Å²) < 4.78 is 16.1. The van der Waals surface area contributed by atoms with Gasteiger partial charge in [-0.15, -0.1) is 6.58 Å². The summed E-state index contributed by atoms with van der Waals surface area (Å²) in [5.41, 5.74) is 1.08. The van der Waals surface area contributed by atoms with Crippen molar-refractivity contribution < 1.29 is 14.2 Å². The van der Waals surface area contributed by atoms with Crippen LogP contribution < -0.4 is 19.5 Å². The molecule has 6 heteroatoms. The Bertz CT molecular complexity index is 521. The number of hydrogen-bond donors (Lipinski definition) is 1. The number of nitrogens with zero attached hydrogens (tertiary/aromatic N) is 1. The molecule has 1 aliphatic rings. The number of nitrogens with one attached hydrogen (secondary N) is 1. The van der Waals surface area contributed by atoms with E-state index in [0.29, 0.717) is 23.8 Å². The Balaban J connectivity index is 2.26. The zero-order chi connectivity index (χ0) is 15.2. The fraction of sp³-hybridized carbons (Fsp3) is 0.400. The molecule has 114 valence electrons. The highest BCUT2D eigenvalue weighted by molar-refractivity contribution is 8.14. The molecule has 1 heterocycles. The van der Waals surface area contributed by atoms with Crippen molar-refractivity contribution in [2.45, 2.75) is 6.04 Å². The van der Waals surface area contributed by atoms with E-state index in [1.807, 2.05) is 12.1 Å². The number of aliphatic imine (C=N–C) groups is 1. The molecule has 1 aromatic carbocycles. The summed E-state index contributed by atoms with van der Waals surface area (Å²) in [4.78, 5) is 4.40. The Kier molecular flexibility index (Phi) is 5.38. The van der Waals surface area contributed by atoms with Gasteiger partial charge in [-0.2, -0.15) is 0 Å². The molecule has 0 amide bonds. The van der Waals surface area contributed by atoms with Gasteiger partial charge in [0.2, 0.25) is 5.75 Å². The van der Waals surface area contributed by atoms with Gasteiger partial charge in [-0.3, -0.25) is 4.99 Å². The summed E-state index contributed by atoms with van der Waals surface area (Å²) in [6.07, 6.45) is 1.78. The number of hydrogen-bond acceptors (Lipinski definition) is 5. The smallest absolute Gasteiger partial charge is 0.203 e. The molecule has 5 nitrogen and oxygen atoms in total. The molecule has 2 rings (SSSR count). The molecule has 1 aliphatic heterocycles. The first kappa shape index (κ1) is 15.6. The summed E-state index contributed by atoms with van der Waals surface area (Å²) in [5, 5.41) is 4.33. The number of thioether (sulfide) groups is 1. The van der Waals surface area contributed by atoms with Crippen LogP contribution in [-0.2, 0) is 0 Å². The second-order valence-corrected chi connectivity index (χ2v) is 5.41. The Labute approximate surface area is 129 Å². The number of ether oxygens (including phenoxy) is 3. The van der Waals surface area contributed by atoms with Gasteiger partial charge in [-0.25, -0.2) is 0 Å². The van der Waals surface area contributed by atoms with Crippen LogP contribution in [0.25, 0.3) is 0 Å². The standard InChI is InChI=1S/C15H20N2O3S/c1-5-6-16-15-17-11(9-21-15)10-7-12(18-2)14(20-4)13(8-10)19-3/h5,7-8,11H,1,6,9H2,2-4H3,(H,16,17). The Morgan fingerprint density at radius 2 is 1.95 bits per heavy atom. The molecule has 1 aromatic rings. The van der Waals surface area contributed by atoms with E-state index in [0.717, 1.165) is 16.5 Å². The van der Waals surface area contributed by atoms with Crippen molar-refractivity contribution in [2.24, 2.45) is 4.99 Å². The van der Waals surface area contributed by atoms with Crippen LogP contribution in [0.3, 0.4) is 0 Å². The Hall–Kier alpha value is -1.82. The lowest BCUT2D eigenvalue weighted by molar-refractivity contribution is 0.323. The molecule has 21 heavy (non-hydrogen) atoms. The van der Waals surface area contributed by atoms with Crippen LogP contribution in [0.4, 0.5) is 0 Å². The normalized spacial score (nSPS) is 19.2. The molecular formula is C15H20N2O3S. The second-order valence-electron chi connectivity index (χ2n) is 4.40. The molecule has 0 aliphatic carbocycles. The summed E-state index contributed by atoms with van der Waals surface area (Å²) >= 11 is 1.70. The monoisotopic (exact) mass is 308 g/mol. The first-order chi connectivity index (χ1) is 10.2. The summed E-state index contributed by atoms with van der Waals surface area (Å²) in [6.45, 7) is 4.29. The van der Waals surface area contributed by atoms with E-state index in [9.17, 15) is 0 Å². The fourth-order valence-corrected chi connectivity index (χ4v) is 3.11. The van der Waals surface area contributed by atoms with Gasteiger partial charge in [0.15, 0.2) is 16.7 Å². The highest BCUT2D eigenvalue weighted by Crippen LogP contribution is 2.41. The van der Waals surface area contributed by atoms with E-state index in [4.69, 9.17) is 14.2 Å². The van der Waals surface area contributed by atoms with Crippen LogP contribution in [0.2, 0.25) is 0 Å². The van der Waals surface area contributed by atoms with Crippen molar-refractivity contribution in [3.63, 3.8) is 0 Å². The summed E-state index contributed by atoms with van der Waals surface area (Å²) in [5.74, 6) is 2.84. The van der Waals surface area contributed by atoms with Crippen molar-refractivity contribution in [2.75, 3.05) is 33.6 Å². The first-order valence-electron chi connectivity index (χ1n) is 6.58. The van der Waals surface area contributed by atoms with Gasteiger partial charge in [0.25, 0.3) is 0 Å². The van der Waals surface area contributed by atoms with Crippen LogP contribution >= 0.6 is 11.8 Å². The van der Waals surface area contributed by atoms with Gasteiger partial charge >= 0.3 is 0 Å². The highest BCUT2D eigenvalue weighted by Gasteiger charge is 2.24. The molecule has 1 unspecified atom stereocenters. The summed E-state index contributed by atoms with van der Waals surface area (Å²) in [7, 11) is 4.84. The largest absolute Gasteiger partial charge is 0.493 e. The molecule has 0 aromatic heterocycles. The van der Waals surface area contributed by atoms with E-state index in [2.05, 4.69) is 16.9 Å². The maximum Gasteiger partial charge on any atom is 0.203 e. The molecule has 1 atom stereocenters. The van der Waals surface area contributed by atoms with Gasteiger partial charge in [0.05, 0.1) is 33.9 Å². The number of benzene rings is 1. The van der Waals surface area contributed by atoms with E-state index in [-0.39, 0.29) is 6.04 Å². The van der Waals surface area contributed by atoms with Gasteiger partial charge in [0, 0.05) is 5.75 Å². The second kappa shape index (κ2) is 7.26.